The van der Waals surface area contributed by atoms with E-state index in [4.69, 9.17) is 9.47 Å². The van der Waals surface area contributed by atoms with Crippen molar-refractivity contribution in [1.29, 1.82) is 5.26 Å². The van der Waals surface area contributed by atoms with Crippen LogP contribution in [0.1, 0.15) is 12.5 Å². The first kappa shape index (κ1) is 19.9. The van der Waals surface area contributed by atoms with Gasteiger partial charge in [-0.05, 0) is 48.7 Å². The topological polar surface area (TPSA) is 72.2 Å². The second kappa shape index (κ2) is 9.40. The fraction of sp³-hybridized carbons (Fsp3) is 0.190. The molecule has 0 aliphatic heterocycles. The molecule has 3 rings (SSSR count). The number of rotatable bonds is 7. The van der Waals surface area contributed by atoms with Gasteiger partial charge in [-0.15, -0.1) is 11.3 Å². The van der Waals surface area contributed by atoms with Gasteiger partial charge < -0.3 is 9.47 Å². The van der Waals surface area contributed by atoms with Crippen LogP contribution >= 0.6 is 23.1 Å². The number of hydrogen-bond donors (Lipinski definition) is 0. The van der Waals surface area contributed by atoms with Crippen LogP contribution in [0.15, 0.2) is 52.9 Å². The van der Waals surface area contributed by atoms with Crippen LogP contribution in [0.2, 0.25) is 0 Å². The number of methoxy groups -OCH3 is 1. The Morgan fingerprint density at radius 2 is 2.07 bits per heavy atom. The van der Waals surface area contributed by atoms with Crippen LogP contribution in [-0.4, -0.2) is 30.4 Å². The molecule has 0 fully saturated rings. The summed E-state index contributed by atoms with van der Waals surface area (Å²) < 4.78 is 10.2. The van der Waals surface area contributed by atoms with Gasteiger partial charge in [0.1, 0.15) is 16.8 Å². The van der Waals surface area contributed by atoms with Crippen molar-refractivity contribution >= 4 is 29.1 Å². The number of thiophene rings is 1. The average molecular weight is 411 g/mol. The smallest absolute Gasteiger partial charge is 0.316 e. The molecule has 28 heavy (non-hydrogen) atoms. The molecule has 0 saturated carbocycles. The van der Waals surface area contributed by atoms with Crippen LogP contribution in [0.4, 0.5) is 0 Å². The number of esters is 1. The van der Waals surface area contributed by atoms with E-state index in [1.807, 2.05) is 47.8 Å². The Morgan fingerprint density at radius 3 is 2.68 bits per heavy atom. The summed E-state index contributed by atoms with van der Waals surface area (Å²) >= 11 is 2.78. The number of nitriles is 1. The highest BCUT2D eigenvalue weighted by atomic mass is 32.2. The molecule has 2 heterocycles. The number of hydrogen-bond acceptors (Lipinski definition) is 7. The second-order valence-corrected chi connectivity index (χ2v) is 7.56. The molecule has 3 aromatic rings. The molecule has 0 bridgehead atoms. The van der Waals surface area contributed by atoms with Gasteiger partial charge in [-0.25, -0.2) is 4.98 Å². The van der Waals surface area contributed by atoms with E-state index >= 15 is 0 Å². The lowest BCUT2D eigenvalue weighted by molar-refractivity contribution is -0.139. The fourth-order valence-electron chi connectivity index (χ4n) is 2.60. The van der Waals surface area contributed by atoms with E-state index in [0.29, 0.717) is 17.2 Å². The molecule has 0 radical (unpaired) electrons. The highest BCUT2D eigenvalue weighted by molar-refractivity contribution is 7.99. The van der Waals surface area contributed by atoms with Crippen molar-refractivity contribution in [3.05, 3.63) is 53.4 Å². The van der Waals surface area contributed by atoms with E-state index in [9.17, 15) is 10.1 Å². The highest BCUT2D eigenvalue weighted by Crippen LogP contribution is 2.36. The molecule has 5 nitrogen and oxygen atoms in total. The Hall–Kier alpha value is -2.82. The van der Waals surface area contributed by atoms with E-state index in [-0.39, 0.29) is 11.7 Å². The molecule has 0 atom stereocenters. The minimum absolute atomic E-state index is 0.103. The summed E-state index contributed by atoms with van der Waals surface area (Å²) in [6.45, 7) is 2.09. The monoisotopic (exact) mass is 410 g/mol. The zero-order valence-corrected chi connectivity index (χ0v) is 17.1. The summed E-state index contributed by atoms with van der Waals surface area (Å²) in [7, 11) is 1.62. The SMILES string of the molecule is CCOC(=O)CSc1nc(-c2ccc(OC)cc2)cc(-c2cccs2)c1C#N. The predicted molar refractivity (Wildman–Crippen MR) is 112 cm³/mol. The van der Waals surface area contributed by atoms with Crippen LogP contribution in [0, 0.1) is 11.3 Å². The van der Waals surface area contributed by atoms with Crippen LogP contribution in [-0.2, 0) is 9.53 Å². The van der Waals surface area contributed by atoms with Crippen molar-refractivity contribution < 1.29 is 14.3 Å². The zero-order valence-electron chi connectivity index (χ0n) is 15.5. The number of carbonyl (C=O) groups excluding carboxylic acids is 1. The molecular formula is C21H18N2O3S2. The number of carbonyl (C=O) groups is 1. The lowest BCUT2D eigenvalue weighted by atomic mass is 10.0. The summed E-state index contributed by atoms with van der Waals surface area (Å²) in [6.07, 6.45) is 0. The first-order chi connectivity index (χ1) is 13.7. The summed E-state index contributed by atoms with van der Waals surface area (Å²) in [5.74, 6) is 0.532. The second-order valence-electron chi connectivity index (χ2n) is 5.65. The summed E-state index contributed by atoms with van der Waals surface area (Å²) in [5, 5.41) is 12.3. The van der Waals surface area contributed by atoms with Gasteiger partial charge in [-0.1, -0.05) is 17.8 Å². The molecule has 7 heteroatoms. The van der Waals surface area contributed by atoms with Crippen LogP contribution in [0.25, 0.3) is 21.7 Å². The van der Waals surface area contributed by atoms with E-state index in [1.165, 1.54) is 11.8 Å². The molecule has 0 amide bonds. The molecule has 0 N–H and O–H groups in total. The number of nitrogens with zero attached hydrogens (tertiary/aromatic N) is 2. The standard InChI is InChI=1S/C21H18N2O3S2/c1-3-26-20(24)13-28-21-17(12-22)16(19-5-4-10-27-19)11-18(23-21)14-6-8-15(25-2)9-7-14/h4-11H,3,13H2,1-2H3. The van der Waals surface area contributed by atoms with Crippen molar-refractivity contribution in [2.45, 2.75) is 11.9 Å². The van der Waals surface area contributed by atoms with Crippen LogP contribution < -0.4 is 4.74 Å². The molecule has 0 saturated heterocycles. The lowest BCUT2D eigenvalue weighted by Gasteiger charge is -2.11. The van der Waals surface area contributed by atoms with Crippen molar-refractivity contribution in [1.82, 2.24) is 4.98 Å². The fourth-order valence-corrected chi connectivity index (χ4v) is 4.15. The minimum atomic E-state index is -0.328. The summed E-state index contributed by atoms with van der Waals surface area (Å²) in [5.41, 5.74) is 2.91. The maximum Gasteiger partial charge on any atom is 0.316 e. The van der Waals surface area contributed by atoms with Gasteiger partial charge in [0, 0.05) is 16.0 Å². The van der Waals surface area contributed by atoms with Gasteiger partial charge in [0.15, 0.2) is 0 Å². The third-order valence-corrected chi connectivity index (χ3v) is 5.75. The largest absolute Gasteiger partial charge is 0.497 e. The minimum Gasteiger partial charge on any atom is -0.497 e. The molecule has 142 valence electrons. The maximum atomic E-state index is 11.8. The third-order valence-electron chi connectivity index (χ3n) is 3.90. The predicted octanol–water partition coefficient (Wildman–Crippen LogP) is 5.01. The molecule has 1 aromatic carbocycles. The molecule has 2 aromatic heterocycles. The molecule has 0 unspecified atom stereocenters. The summed E-state index contributed by atoms with van der Waals surface area (Å²) in [4.78, 5) is 17.4. The number of benzene rings is 1. The van der Waals surface area contributed by atoms with Crippen LogP contribution in [0.3, 0.4) is 0 Å². The molecule has 0 aliphatic carbocycles. The van der Waals surface area contributed by atoms with E-state index in [1.54, 1.807) is 25.4 Å². The number of aromatic nitrogens is 1. The third kappa shape index (κ3) is 4.53. The maximum absolute atomic E-state index is 11.8. The Bertz CT molecular complexity index is 994. The lowest BCUT2D eigenvalue weighted by Crippen LogP contribution is -2.07. The Kier molecular flexibility index (Phi) is 6.69. The quantitative estimate of drug-likeness (QED) is 0.403. The first-order valence-corrected chi connectivity index (χ1v) is 10.4. The Balaban J connectivity index is 2.07. The van der Waals surface area contributed by atoms with Crippen molar-refractivity contribution in [2.24, 2.45) is 0 Å². The molecular weight excluding hydrogens is 392 g/mol. The van der Waals surface area contributed by atoms with Crippen molar-refractivity contribution in [3.8, 4) is 33.5 Å². The van der Waals surface area contributed by atoms with Gasteiger partial charge in [-0.3, -0.25) is 4.79 Å². The van der Waals surface area contributed by atoms with Crippen molar-refractivity contribution in [2.75, 3.05) is 19.5 Å². The van der Waals surface area contributed by atoms with E-state index in [0.717, 1.165) is 27.4 Å². The Morgan fingerprint density at radius 1 is 1.29 bits per heavy atom. The number of pyridine rings is 1. The Labute approximate surface area is 171 Å². The number of thioether (sulfide) groups is 1. The zero-order chi connectivity index (χ0) is 19.9. The van der Waals surface area contributed by atoms with Crippen LogP contribution in [0.5, 0.6) is 5.75 Å². The molecule has 0 spiro atoms. The normalized spacial score (nSPS) is 10.3. The van der Waals surface area contributed by atoms with Gasteiger partial charge in [-0.2, -0.15) is 5.26 Å². The highest BCUT2D eigenvalue weighted by Gasteiger charge is 2.17. The average Bonchev–Trinajstić information content (AvgIpc) is 3.26. The van der Waals surface area contributed by atoms with Crippen molar-refractivity contribution in [3.63, 3.8) is 0 Å². The van der Waals surface area contributed by atoms with Gasteiger partial charge in [0.05, 0.1) is 30.7 Å². The number of ether oxygens (including phenoxy) is 2. The first-order valence-electron chi connectivity index (χ1n) is 8.58. The van der Waals surface area contributed by atoms with E-state index in [2.05, 4.69) is 11.1 Å². The summed E-state index contributed by atoms with van der Waals surface area (Å²) in [6, 6.07) is 15.7. The van der Waals surface area contributed by atoms with Gasteiger partial charge >= 0.3 is 5.97 Å². The molecule has 0 aliphatic rings. The van der Waals surface area contributed by atoms with E-state index < -0.39 is 0 Å². The van der Waals surface area contributed by atoms with Gasteiger partial charge in [0.2, 0.25) is 0 Å². The van der Waals surface area contributed by atoms with Gasteiger partial charge in [0.25, 0.3) is 0 Å².